The van der Waals surface area contributed by atoms with Gasteiger partial charge in [-0.3, -0.25) is 10.1 Å². The fourth-order valence-corrected chi connectivity index (χ4v) is 3.83. The Kier molecular flexibility index (Phi) is 9.09. The number of nitro groups is 1. The number of hydrogen-bond acceptors (Lipinski definition) is 6. The molecule has 37 heavy (non-hydrogen) atoms. The van der Waals surface area contributed by atoms with E-state index in [1.54, 1.807) is 0 Å². The Morgan fingerprint density at radius 3 is 2.22 bits per heavy atom. The summed E-state index contributed by atoms with van der Waals surface area (Å²) in [5, 5.41) is 14.8. The second-order valence-electron chi connectivity index (χ2n) is 8.42. The molecule has 0 aliphatic carbocycles. The monoisotopic (exact) mass is 523 g/mol. The number of aromatic nitrogens is 2. The highest BCUT2D eigenvalue weighted by molar-refractivity contribution is 5.91. The van der Waals surface area contributed by atoms with Crippen molar-refractivity contribution < 1.29 is 26.9 Å². The summed E-state index contributed by atoms with van der Waals surface area (Å²) >= 11 is 0. The molecule has 0 fully saturated rings. The fraction of sp³-hybridized carbons (Fsp3) is 0.360. The van der Waals surface area contributed by atoms with E-state index in [4.69, 9.17) is 0 Å². The molecule has 198 valence electrons. The molecule has 0 amide bonds. The molecule has 0 bridgehead atoms. The van der Waals surface area contributed by atoms with E-state index in [0.29, 0.717) is 11.5 Å². The average Bonchev–Trinajstić information content (AvgIpc) is 2.88. The number of fused-ring (bicyclic) bond motifs is 1. The van der Waals surface area contributed by atoms with Crippen LogP contribution in [0.4, 0.5) is 33.5 Å². The largest absolute Gasteiger partial charge is 0.367 e. The van der Waals surface area contributed by atoms with Crippen LogP contribution in [-0.2, 0) is 0 Å². The molecule has 0 saturated heterocycles. The van der Waals surface area contributed by atoms with Gasteiger partial charge in [0.2, 0.25) is 5.82 Å². The Bertz CT molecular complexity index is 1300. The molecule has 2 aromatic carbocycles. The van der Waals surface area contributed by atoms with Crippen molar-refractivity contribution >= 4 is 34.6 Å². The molecular weight excluding hydrogens is 497 g/mol. The standard InChI is InChI=1S/C25H26F5N5O2/c1-4-34(5-2)12-6-7-14(3)31-25-17-13-15(35(36)37)8-10-18(17)32-19(33-25)11-9-16-20(26)22(28)24(30)23(29)21(16)27/h8-11,13-14H,4-7,12H2,1-3H3,(H,31,32,33)/b11-9+/t14-/m0/s1. The summed E-state index contributed by atoms with van der Waals surface area (Å²) in [7, 11) is 0. The summed E-state index contributed by atoms with van der Waals surface area (Å²) in [5.41, 5.74) is -1.03. The van der Waals surface area contributed by atoms with Gasteiger partial charge in [-0.25, -0.2) is 31.9 Å². The van der Waals surface area contributed by atoms with Gasteiger partial charge in [0.25, 0.3) is 5.69 Å². The predicted molar refractivity (Wildman–Crippen MR) is 131 cm³/mol. The molecule has 7 nitrogen and oxygen atoms in total. The number of benzene rings is 2. The number of rotatable bonds is 11. The summed E-state index contributed by atoms with van der Waals surface area (Å²) in [6, 6.07) is 3.84. The van der Waals surface area contributed by atoms with Crippen LogP contribution in [0.2, 0.25) is 0 Å². The van der Waals surface area contributed by atoms with Crippen LogP contribution < -0.4 is 5.32 Å². The van der Waals surface area contributed by atoms with Crippen LogP contribution in [0.15, 0.2) is 18.2 Å². The van der Waals surface area contributed by atoms with E-state index in [2.05, 4.69) is 34.0 Å². The zero-order valence-electron chi connectivity index (χ0n) is 20.5. The fourth-order valence-electron chi connectivity index (χ4n) is 3.83. The Hall–Kier alpha value is -3.67. The van der Waals surface area contributed by atoms with Crippen molar-refractivity contribution in [2.24, 2.45) is 0 Å². The zero-order chi connectivity index (χ0) is 27.3. The molecule has 1 heterocycles. The lowest BCUT2D eigenvalue weighted by Crippen LogP contribution is -2.25. The van der Waals surface area contributed by atoms with Crippen LogP contribution in [0.25, 0.3) is 23.1 Å². The van der Waals surface area contributed by atoms with Crippen LogP contribution >= 0.6 is 0 Å². The van der Waals surface area contributed by atoms with Gasteiger partial charge in [0, 0.05) is 23.6 Å². The van der Waals surface area contributed by atoms with Crippen LogP contribution in [0.3, 0.4) is 0 Å². The maximum atomic E-state index is 14.1. The van der Waals surface area contributed by atoms with Crippen LogP contribution in [0.1, 0.15) is 45.0 Å². The maximum Gasteiger partial charge on any atom is 0.270 e. The van der Waals surface area contributed by atoms with Crippen molar-refractivity contribution in [1.82, 2.24) is 14.9 Å². The molecule has 0 aliphatic heterocycles. The Balaban J connectivity index is 1.97. The maximum absolute atomic E-state index is 14.1. The first-order valence-electron chi connectivity index (χ1n) is 11.7. The lowest BCUT2D eigenvalue weighted by atomic mass is 10.1. The SMILES string of the molecule is CCN(CC)CCC[C@H](C)Nc1nc(/C=C/c2c(F)c(F)c(F)c(F)c2F)nc2ccc([N+](=O)[O-])cc12. The van der Waals surface area contributed by atoms with Gasteiger partial charge in [0.1, 0.15) is 5.82 Å². The molecule has 0 unspecified atom stereocenters. The quantitative estimate of drug-likeness (QED) is 0.104. The van der Waals surface area contributed by atoms with Crippen LogP contribution in [0, 0.1) is 39.2 Å². The highest BCUT2D eigenvalue weighted by atomic mass is 19.2. The summed E-state index contributed by atoms with van der Waals surface area (Å²) < 4.78 is 68.6. The molecule has 0 spiro atoms. The highest BCUT2D eigenvalue weighted by Crippen LogP contribution is 2.28. The molecule has 1 aromatic heterocycles. The van der Waals surface area contributed by atoms with Crippen LogP contribution in [-0.4, -0.2) is 45.5 Å². The van der Waals surface area contributed by atoms with Crippen molar-refractivity contribution in [3.63, 3.8) is 0 Å². The average molecular weight is 524 g/mol. The molecule has 0 saturated carbocycles. The Morgan fingerprint density at radius 1 is 1.00 bits per heavy atom. The van der Waals surface area contributed by atoms with Gasteiger partial charge in [-0.15, -0.1) is 0 Å². The molecule has 0 radical (unpaired) electrons. The number of non-ortho nitro benzene ring substituents is 1. The normalized spacial score (nSPS) is 12.6. The van der Waals surface area contributed by atoms with Gasteiger partial charge in [-0.05, 0) is 57.6 Å². The van der Waals surface area contributed by atoms with Gasteiger partial charge < -0.3 is 10.2 Å². The van der Waals surface area contributed by atoms with Crippen molar-refractivity contribution in [2.45, 2.75) is 39.7 Å². The Morgan fingerprint density at radius 2 is 1.62 bits per heavy atom. The third-order valence-electron chi connectivity index (χ3n) is 5.94. The third kappa shape index (κ3) is 6.37. The molecule has 12 heteroatoms. The van der Waals surface area contributed by atoms with E-state index in [1.807, 2.05) is 6.92 Å². The number of nitrogens with zero attached hydrogens (tertiary/aromatic N) is 4. The number of nitro benzene ring substituents is 1. The summed E-state index contributed by atoms with van der Waals surface area (Å²) in [5.74, 6) is -10.2. The molecule has 0 aliphatic rings. The van der Waals surface area contributed by atoms with Crippen molar-refractivity contribution in [3.8, 4) is 0 Å². The minimum Gasteiger partial charge on any atom is -0.367 e. The Labute approximate surface area is 210 Å². The molecule has 3 aromatic rings. The van der Waals surface area contributed by atoms with E-state index in [1.165, 1.54) is 18.2 Å². The number of anilines is 1. The van der Waals surface area contributed by atoms with Crippen molar-refractivity contribution in [1.29, 1.82) is 0 Å². The molecule has 3 rings (SSSR count). The highest BCUT2D eigenvalue weighted by Gasteiger charge is 2.24. The van der Waals surface area contributed by atoms with E-state index in [-0.39, 0.29) is 28.9 Å². The van der Waals surface area contributed by atoms with Crippen molar-refractivity contribution in [3.05, 3.63) is 68.8 Å². The number of hydrogen-bond donors (Lipinski definition) is 1. The summed E-state index contributed by atoms with van der Waals surface area (Å²) in [6.45, 7) is 8.82. The lowest BCUT2D eigenvalue weighted by Gasteiger charge is -2.20. The van der Waals surface area contributed by atoms with Gasteiger partial charge in [-0.1, -0.05) is 13.8 Å². The summed E-state index contributed by atoms with van der Waals surface area (Å²) in [6.07, 6.45) is 3.34. The minimum atomic E-state index is -2.25. The van der Waals surface area contributed by atoms with E-state index in [9.17, 15) is 32.1 Å². The van der Waals surface area contributed by atoms with Gasteiger partial charge in [0.05, 0.1) is 16.0 Å². The minimum absolute atomic E-state index is 0.0943. The molecular formula is C25H26F5N5O2. The number of halogens is 5. The first-order valence-corrected chi connectivity index (χ1v) is 11.7. The molecule has 1 atom stereocenters. The van der Waals surface area contributed by atoms with E-state index in [0.717, 1.165) is 38.6 Å². The summed E-state index contributed by atoms with van der Waals surface area (Å²) in [4.78, 5) is 21.5. The predicted octanol–water partition coefficient (Wildman–Crippen LogP) is 6.33. The smallest absolute Gasteiger partial charge is 0.270 e. The third-order valence-corrected chi connectivity index (χ3v) is 5.94. The molecule has 1 N–H and O–H groups in total. The zero-order valence-corrected chi connectivity index (χ0v) is 20.5. The van der Waals surface area contributed by atoms with Gasteiger partial charge in [-0.2, -0.15) is 0 Å². The first-order chi connectivity index (χ1) is 17.6. The van der Waals surface area contributed by atoms with Crippen LogP contribution in [0.5, 0.6) is 0 Å². The second-order valence-corrected chi connectivity index (χ2v) is 8.42. The van der Waals surface area contributed by atoms with Crippen molar-refractivity contribution in [2.75, 3.05) is 25.0 Å². The number of nitrogens with one attached hydrogen (secondary N) is 1. The first kappa shape index (κ1) is 27.9. The van der Waals surface area contributed by atoms with Gasteiger partial charge >= 0.3 is 0 Å². The van der Waals surface area contributed by atoms with E-state index < -0.39 is 39.6 Å². The van der Waals surface area contributed by atoms with Gasteiger partial charge in [0.15, 0.2) is 29.1 Å². The second kappa shape index (κ2) is 12.0. The van der Waals surface area contributed by atoms with E-state index >= 15 is 0 Å². The topological polar surface area (TPSA) is 84.2 Å². The lowest BCUT2D eigenvalue weighted by molar-refractivity contribution is -0.384.